The van der Waals surface area contributed by atoms with Crippen molar-refractivity contribution in [2.24, 2.45) is 0 Å². The van der Waals surface area contributed by atoms with E-state index in [1.54, 1.807) is 19.2 Å². The Kier molecular flexibility index (Phi) is 4.87. The van der Waals surface area contributed by atoms with Crippen LogP contribution in [0.25, 0.3) is 22.4 Å². The van der Waals surface area contributed by atoms with Crippen LogP contribution in [-0.2, 0) is 0 Å². The van der Waals surface area contributed by atoms with Crippen LogP contribution in [0.5, 0.6) is 11.6 Å². The molecule has 0 aliphatic heterocycles. The standard InChI is InChI=1S/C20H15ClN2O2/c1-24-16-9-5-14(6-10-16)19-11-17(13-3-7-15(21)8-4-13)18(12-22)20(23-19)25-2/h3-11H,1-2H3. The molecule has 0 aliphatic carbocycles. The van der Waals surface area contributed by atoms with Crippen LogP contribution in [0.3, 0.4) is 0 Å². The first-order valence-electron chi connectivity index (χ1n) is 7.55. The second kappa shape index (κ2) is 7.25. The van der Waals surface area contributed by atoms with Crippen molar-refractivity contribution in [3.8, 4) is 40.1 Å². The number of halogens is 1. The molecule has 2 aromatic carbocycles. The summed E-state index contributed by atoms with van der Waals surface area (Å²) in [6.45, 7) is 0. The van der Waals surface area contributed by atoms with Crippen LogP contribution < -0.4 is 9.47 Å². The molecule has 4 nitrogen and oxygen atoms in total. The van der Waals surface area contributed by atoms with E-state index in [1.165, 1.54) is 7.11 Å². The largest absolute Gasteiger partial charge is 0.497 e. The molecule has 0 aliphatic rings. The van der Waals surface area contributed by atoms with Gasteiger partial charge in [0.2, 0.25) is 5.88 Å². The van der Waals surface area contributed by atoms with Gasteiger partial charge in [0.05, 0.1) is 19.9 Å². The summed E-state index contributed by atoms with van der Waals surface area (Å²) >= 11 is 5.97. The lowest BCUT2D eigenvalue weighted by molar-refractivity contribution is 0.397. The quantitative estimate of drug-likeness (QED) is 0.667. The van der Waals surface area contributed by atoms with E-state index in [-0.39, 0.29) is 0 Å². The molecule has 0 saturated carbocycles. The number of hydrogen-bond acceptors (Lipinski definition) is 4. The van der Waals surface area contributed by atoms with Crippen LogP contribution in [0.4, 0.5) is 0 Å². The summed E-state index contributed by atoms with van der Waals surface area (Å²) in [5.41, 5.74) is 3.62. The Morgan fingerprint density at radius 2 is 1.56 bits per heavy atom. The van der Waals surface area contributed by atoms with Crippen LogP contribution in [-0.4, -0.2) is 19.2 Å². The van der Waals surface area contributed by atoms with Crippen LogP contribution in [0, 0.1) is 11.3 Å². The van der Waals surface area contributed by atoms with Crippen molar-refractivity contribution in [2.75, 3.05) is 14.2 Å². The van der Waals surface area contributed by atoms with Crippen molar-refractivity contribution in [1.82, 2.24) is 4.98 Å². The lowest BCUT2D eigenvalue weighted by atomic mass is 9.99. The molecule has 3 aromatic rings. The minimum Gasteiger partial charge on any atom is -0.497 e. The summed E-state index contributed by atoms with van der Waals surface area (Å²) in [6, 6.07) is 18.9. The number of ether oxygens (including phenoxy) is 2. The van der Waals surface area contributed by atoms with E-state index in [9.17, 15) is 5.26 Å². The summed E-state index contributed by atoms with van der Waals surface area (Å²) < 4.78 is 10.5. The number of pyridine rings is 1. The molecule has 0 radical (unpaired) electrons. The Morgan fingerprint density at radius 1 is 0.920 bits per heavy atom. The molecule has 0 amide bonds. The number of rotatable bonds is 4. The van der Waals surface area contributed by atoms with Gasteiger partial charge in [-0.25, -0.2) is 4.98 Å². The molecule has 0 bridgehead atoms. The normalized spacial score (nSPS) is 10.2. The zero-order valence-corrected chi connectivity index (χ0v) is 14.5. The minimum atomic E-state index is 0.292. The molecule has 0 fully saturated rings. The molecule has 124 valence electrons. The van der Waals surface area contributed by atoms with E-state index < -0.39 is 0 Å². The van der Waals surface area contributed by atoms with E-state index >= 15 is 0 Å². The highest BCUT2D eigenvalue weighted by Gasteiger charge is 2.16. The van der Waals surface area contributed by atoms with Crippen molar-refractivity contribution >= 4 is 11.6 Å². The van der Waals surface area contributed by atoms with Gasteiger partial charge in [-0.15, -0.1) is 0 Å². The van der Waals surface area contributed by atoms with Crippen LogP contribution in [0.15, 0.2) is 54.6 Å². The minimum absolute atomic E-state index is 0.292. The molecule has 3 rings (SSSR count). The van der Waals surface area contributed by atoms with Gasteiger partial charge in [-0.05, 0) is 48.0 Å². The molecule has 0 atom stereocenters. The van der Waals surface area contributed by atoms with E-state index in [2.05, 4.69) is 11.1 Å². The molecule has 25 heavy (non-hydrogen) atoms. The molecule has 1 aromatic heterocycles. The van der Waals surface area contributed by atoms with Gasteiger partial charge in [0.15, 0.2) is 0 Å². The van der Waals surface area contributed by atoms with Gasteiger partial charge in [0, 0.05) is 16.1 Å². The highest BCUT2D eigenvalue weighted by Crippen LogP contribution is 2.34. The van der Waals surface area contributed by atoms with Gasteiger partial charge in [0.1, 0.15) is 17.4 Å². The summed E-state index contributed by atoms with van der Waals surface area (Å²) in [5, 5.41) is 10.2. The summed E-state index contributed by atoms with van der Waals surface area (Å²) in [7, 11) is 3.13. The number of nitriles is 1. The molecule has 0 saturated heterocycles. The summed E-state index contributed by atoms with van der Waals surface area (Å²) in [6.07, 6.45) is 0. The summed E-state index contributed by atoms with van der Waals surface area (Å²) in [4.78, 5) is 4.48. The zero-order chi connectivity index (χ0) is 17.8. The van der Waals surface area contributed by atoms with E-state index in [4.69, 9.17) is 21.1 Å². The number of methoxy groups -OCH3 is 2. The molecule has 0 unspecified atom stereocenters. The van der Waals surface area contributed by atoms with Gasteiger partial charge in [-0.2, -0.15) is 5.26 Å². The van der Waals surface area contributed by atoms with Gasteiger partial charge in [-0.1, -0.05) is 23.7 Å². The van der Waals surface area contributed by atoms with Gasteiger partial charge in [-0.3, -0.25) is 0 Å². The van der Waals surface area contributed by atoms with Crippen LogP contribution in [0.2, 0.25) is 5.02 Å². The van der Waals surface area contributed by atoms with Gasteiger partial charge in [0.25, 0.3) is 0 Å². The fraction of sp³-hybridized carbons (Fsp3) is 0.100. The van der Waals surface area contributed by atoms with E-state index in [0.29, 0.717) is 22.2 Å². The van der Waals surface area contributed by atoms with Crippen molar-refractivity contribution < 1.29 is 9.47 Å². The highest BCUT2D eigenvalue weighted by molar-refractivity contribution is 6.30. The molecular weight excluding hydrogens is 336 g/mol. The average molecular weight is 351 g/mol. The van der Waals surface area contributed by atoms with Crippen molar-refractivity contribution in [3.05, 3.63) is 65.2 Å². The molecule has 0 N–H and O–H groups in total. The zero-order valence-electron chi connectivity index (χ0n) is 13.8. The second-order valence-corrected chi connectivity index (χ2v) is 5.72. The Bertz CT molecular complexity index is 930. The summed E-state index contributed by atoms with van der Waals surface area (Å²) in [5.74, 6) is 1.06. The smallest absolute Gasteiger partial charge is 0.232 e. The molecular formula is C20H15ClN2O2. The van der Waals surface area contributed by atoms with Crippen molar-refractivity contribution in [1.29, 1.82) is 5.26 Å². The Labute approximate surface area is 151 Å². The first-order chi connectivity index (χ1) is 12.2. The van der Waals surface area contributed by atoms with E-state index in [0.717, 1.165) is 22.4 Å². The average Bonchev–Trinajstić information content (AvgIpc) is 2.67. The number of benzene rings is 2. The predicted molar refractivity (Wildman–Crippen MR) is 97.9 cm³/mol. The van der Waals surface area contributed by atoms with Gasteiger partial charge >= 0.3 is 0 Å². The maximum absolute atomic E-state index is 9.56. The molecule has 5 heteroatoms. The maximum Gasteiger partial charge on any atom is 0.232 e. The van der Waals surface area contributed by atoms with Gasteiger partial charge < -0.3 is 9.47 Å². The number of hydrogen-bond donors (Lipinski definition) is 0. The Morgan fingerprint density at radius 3 is 2.12 bits per heavy atom. The number of aromatic nitrogens is 1. The fourth-order valence-electron chi connectivity index (χ4n) is 2.54. The van der Waals surface area contributed by atoms with Crippen molar-refractivity contribution in [2.45, 2.75) is 0 Å². The predicted octanol–water partition coefficient (Wildman–Crippen LogP) is 4.96. The monoisotopic (exact) mass is 350 g/mol. The van der Waals surface area contributed by atoms with Crippen LogP contribution >= 0.6 is 11.6 Å². The fourth-order valence-corrected chi connectivity index (χ4v) is 2.67. The van der Waals surface area contributed by atoms with E-state index in [1.807, 2.05) is 42.5 Å². The topological polar surface area (TPSA) is 55.1 Å². The SMILES string of the molecule is COc1ccc(-c2cc(-c3ccc(Cl)cc3)c(C#N)c(OC)n2)cc1. The maximum atomic E-state index is 9.56. The third-order valence-corrected chi connectivity index (χ3v) is 4.08. The third kappa shape index (κ3) is 3.42. The Balaban J connectivity index is 2.19. The van der Waals surface area contributed by atoms with Crippen molar-refractivity contribution in [3.63, 3.8) is 0 Å². The lowest BCUT2D eigenvalue weighted by Gasteiger charge is -2.12. The second-order valence-electron chi connectivity index (χ2n) is 5.29. The number of nitrogens with zero attached hydrogens (tertiary/aromatic N) is 2. The first kappa shape index (κ1) is 16.8. The molecule has 0 spiro atoms. The first-order valence-corrected chi connectivity index (χ1v) is 7.93. The van der Waals surface area contributed by atoms with Crippen LogP contribution in [0.1, 0.15) is 5.56 Å². The Hall–Kier alpha value is -3.03. The third-order valence-electron chi connectivity index (χ3n) is 3.83. The highest BCUT2D eigenvalue weighted by atomic mass is 35.5. The lowest BCUT2D eigenvalue weighted by Crippen LogP contribution is -1.97. The molecule has 1 heterocycles.